The van der Waals surface area contributed by atoms with Crippen LogP contribution < -0.4 is 5.32 Å². The van der Waals surface area contributed by atoms with Crippen molar-refractivity contribution in [3.63, 3.8) is 0 Å². The number of rotatable bonds is 2. The summed E-state index contributed by atoms with van der Waals surface area (Å²) in [5.41, 5.74) is -0.705. The first-order valence-electron chi connectivity index (χ1n) is 6.64. The van der Waals surface area contributed by atoms with Crippen LogP contribution in [0.15, 0.2) is 18.3 Å². The van der Waals surface area contributed by atoms with Crippen LogP contribution >= 0.6 is 0 Å². The van der Waals surface area contributed by atoms with Gasteiger partial charge in [-0.25, -0.2) is 4.98 Å². The molecule has 1 saturated carbocycles. The highest BCUT2D eigenvalue weighted by Gasteiger charge is 2.31. The molecule has 0 unspecified atom stereocenters. The van der Waals surface area contributed by atoms with Crippen LogP contribution in [0, 0.1) is 11.8 Å². The molecule has 0 bridgehead atoms. The average Bonchev–Trinajstić information content (AvgIpc) is 2.26. The Morgan fingerprint density at radius 1 is 1.11 bits per heavy atom. The van der Waals surface area contributed by atoms with Crippen LogP contribution in [0.4, 0.5) is 19.0 Å². The number of nitrogens with zero attached hydrogens (tertiary/aromatic N) is 1. The van der Waals surface area contributed by atoms with E-state index in [1.165, 1.54) is 12.5 Å². The standard InChI is InChI=1S/C14H19F3N2/c1-9-5-10(2)7-12(6-9)19-13-4-3-11(8-18-13)14(15,16)17/h3-4,8-10,12H,5-7H2,1-2H3,(H,18,19)/t9-,10-/m0/s1. The largest absolute Gasteiger partial charge is 0.417 e. The van der Waals surface area contributed by atoms with Gasteiger partial charge in [-0.05, 0) is 43.2 Å². The monoisotopic (exact) mass is 272 g/mol. The molecule has 5 heteroatoms. The summed E-state index contributed by atoms with van der Waals surface area (Å²) < 4.78 is 37.3. The van der Waals surface area contributed by atoms with Gasteiger partial charge in [0.25, 0.3) is 0 Å². The van der Waals surface area contributed by atoms with Gasteiger partial charge in [-0.3, -0.25) is 0 Å². The SMILES string of the molecule is C[C@@H]1CC(Nc2ccc(C(F)(F)F)cn2)C[C@@H](C)C1. The Hall–Kier alpha value is -1.26. The molecule has 1 aliphatic rings. The molecule has 1 N–H and O–H groups in total. The predicted molar refractivity (Wildman–Crippen MR) is 68.8 cm³/mol. The summed E-state index contributed by atoms with van der Waals surface area (Å²) in [4.78, 5) is 3.86. The maximum atomic E-state index is 12.4. The first-order chi connectivity index (χ1) is 8.84. The van der Waals surface area contributed by atoms with Crippen molar-refractivity contribution < 1.29 is 13.2 Å². The fourth-order valence-corrected chi connectivity index (χ4v) is 2.92. The van der Waals surface area contributed by atoms with E-state index in [1.807, 2.05) is 0 Å². The van der Waals surface area contributed by atoms with Crippen LogP contribution in [0.25, 0.3) is 0 Å². The maximum absolute atomic E-state index is 12.4. The smallest absolute Gasteiger partial charge is 0.367 e. The lowest BCUT2D eigenvalue weighted by atomic mass is 9.80. The fraction of sp³-hybridized carbons (Fsp3) is 0.643. The molecule has 19 heavy (non-hydrogen) atoms. The summed E-state index contributed by atoms with van der Waals surface area (Å²) in [6, 6.07) is 2.79. The van der Waals surface area contributed by atoms with E-state index in [4.69, 9.17) is 0 Å². The Kier molecular flexibility index (Phi) is 4.02. The van der Waals surface area contributed by atoms with Crippen molar-refractivity contribution in [3.8, 4) is 0 Å². The van der Waals surface area contributed by atoms with Gasteiger partial charge in [-0.1, -0.05) is 13.8 Å². The van der Waals surface area contributed by atoms with Gasteiger partial charge in [0.1, 0.15) is 5.82 Å². The number of nitrogens with one attached hydrogen (secondary N) is 1. The zero-order valence-electron chi connectivity index (χ0n) is 11.2. The van der Waals surface area contributed by atoms with Crippen LogP contribution in [-0.4, -0.2) is 11.0 Å². The molecule has 106 valence electrons. The lowest BCUT2D eigenvalue weighted by molar-refractivity contribution is -0.137. The van der Waals surface area contributed by atoms with E-state index in [-0.39, 0.29) is 0 Å². The van der Waals surface area contributed by atoms with Crippen molar-refractivity contribution in [3.05, 3.63) is 23.9 Å². The third kappa shape index (κ3) is 3.85. The topological polar surface area (TPSA) is 24.9 Å². The Balaban J connectivity index is 1.99. The van der Waals surface area contributed by atoms with Gasteiger partial charge in [0.05, 0.1) is 5.56 Å². The second-order valence-electron chi connectivity index (χ2n) is 5.69. The number of hydrogen-bond donors (Lipinski definition) is 1. The second-order valence-corrected chi connectivity index (χ2v) is 5.69. The van der Waals surface area contributed by atoms with Crippen molar-refractivity contribution in [1.82, 2.24) is 4.98 Å². The molecule has 2 rings (SSSR count). The third-order valence-electron chi connectivity index (χ3n) is 3.62. The normalized spacial score (nSPS) is 28.2. The molecule has 1 aliphatic carbocycles. The lowest BCUT2D eigenvalue weighted by Crippen LogP contribution is -2.30. The molecule has 1 heterocycles. The molecule has 0 radical (unpaired) electrons. The molecule has 2 nitrogen and oxygen atoms in total. The molecular formula is C14H19F3N2. The Morgan fingerprint density at radius 2 is 1.74 bits per heavy atom. The van der Waals surface area contributed by atoms with Gasteiger partial charge in [0, 0.05) is 12.2 Å². The molecular weight excluding hydrogens is 253 g/mol. The second kappa shape index (κ2) is 5.39. The van der Waals surface area contributed by atoms with E-state index in [9.17, 15) is 13.2 Å². The van der Waals surface area contributed by atoms with Gasteiger partial charge < -0.3 is 5.32 Å². The van der Waals surface area contributed by atoms with E-state index in [2.05, 4.69) is 24.1 Å². The molecule has 0 aromatic carbocycles. The van der Waals surface area contributed by atoms with Crippen molar-refractivity contribution >= 4 is 5.82 Å². The van der Waals surface area contributed by atoms with Gasteiger partial charge in [0.2, 0.25) is 0 Å². The van der Waals surface area contributed by atoms with Crippen LogP contribution in [-0.2, 0) is 6.18 Å². The number of hydrogen-bond acceptors (Lipinski definition) is 2. The van der Waals surface area contributed by atoms with Crippen molar-refractivity contribution in [2.75, 3.05) is 5.32 Å². The van der Waals surface area contributed by atoms with Crippen LogP contribution in [0.2, 0.25) is 0 Å². The lowest BCUT2D eigenvalue weighted by Gasteiger charge is -2.32. The predicted octanol–water partition coefficient (Wildman–Crippen LogP) is 4.34. The van der Waals surface area contributed by atoms with Gasteiger partial charge in [0.15, 0.2) is 0 Å². The summed E-state index contributed by atoms with van der Waals surface area (Å²) in [6.07, 6.45) is -0.115. The van der Waals surface area contributed by atoms with Gasteiger partial charge in [-0.15, -0.1) is 0 Å². The highest BCUT2D eigenvalue weighted by atomic mass is 19.4. The molecule has 1 fully saturated rings. The molecule has 0 aliphatic heterocycles. The molecule has 0 spiro atoms. The van der Waals surface area contributed by atoms with Crippen LogP contribution in [0.5, 0.6) is 0 Å². The van der Waals surface area contributed by atoms with Crippen molar-refractivity contribution in [2.45, 2.75) is 45.3 Å². The Labute approximate surface area is 111 Å². The average molecular weight is 272 g/mol. The summed E-state index contributed by atoms with van der Waals surface area (Å²) >= 11 is 0. The highest BCUT2D eigenvalue weighted by molar-refractivity contribution is 5.37. The quantitative estimate of drug-likeness (QED) is 0.866. The van der Waals surface area contributed by atoms with Crippen molar-refractivity contribution in [2.24, 2.45) is 11.8 Å². The van der Waals surface area contributed by atoms with E-state index in [1.54, 1.807) is 0 Å². The first kappa shape index (κ1) is 14.2. The number of anilines is 1. The minimum Gasteiger partial charge on any atom is -0.367 e. The zero-order chi connectivity index (χ0) is 14.0. The van der Waals surface area contributed by atoms with Crippen LogP contribution in [0.1, 0.15) is 38.7 Å². The molecule has 1 aromatic rings. The number of alkyl halides is 3. The molecule has 0 amide bonds. The fourth-order valence-electron chi connectivity index (χ4n) is 2.92. The number of halogens is 3. The minimum atomic E-state index is -4.32. The van der Waals surface area contributed by atoms with Gasteiger partial charge >= 0.3 is 6.18 Å². The Bertz CT molecular complexity index is 404. The zero-order valence-corrected chi connectivity index (χ0v) is 11.2. The number of pyridine rings is 1. The Morgan fingerprint density at radius 3 is 2.21 bits per heavy atom. The van der Waals surface area contributed by atoms with E-state index >= 15 is 0 Å². The first-order valence-corrected chi connectivity index (χ1v) is 6.64. The molecule has 1 aromatic heterocycles. The van der Waals surface area contributed by atoms with Gasteiger partial charge in [-0.2, -0.15) is 13.2 Å². The minimum absolute atomic E-state index is 0.308. The highest BCUT2D eigenvalue weighted by Crippen LogP contribution is 2.31. The van der Waals surface area contributed by atoms with E-state index < -0.39 is 11.7 Å². The van der Waals surface area contributed by atoms with Crippen LogP contribution in [0.3, 0.4) is 0 Å². The third-order valence-corrected chi connectivity index (χ3v) is 3.62. The molecule has 0 saturated heterocycles. The summed E-state index contributed by atoms with van der Waals surface area (Å²) in [5.74, 6) is 1.82. The summed E-state index contributed by atoms with van der Waals surface area (Å²) in [7, 11) is 0. The summed E-state index contributed by atoms with van der Waals surface area (Å²) in [6.45, 7) is 4.43. The number of aromatic nitrogens is 1. The van der Waals surface area contributed by atoms with E-state index in [0.717, 1.165) is 25.1 Å². The van der Waals surface area contributed by atoms with Crippen molar-refractivity contribution in [1.29, 1.82) is 0 Å². The van der Waals surface area contributed by atoms with E-state index in [0.29, 0.717) is 23.7 Å². The molecule has 2 atom stereocenters. The summed E-state index contributed by atoms with van der Waals surface area (Å²) in [5, 5.41) is 3.24. The maximum Gasteiger partial charge on any atom is 0.417 e.